The number of hydrogen-bond donors (Lipinski definition) is 1. The molecule has 2 aromatic carbocycles. The Morgan fingerprint density at radius 1 is 1.03 bits per heavy atom. The van der Waals surface area contributed by atoms with E-state index in [0.29, 0.717) is 12.3 Å². The Hall–Kier alpha value is -3.84. The fraction of sp³-hybridized carbons (Fsp3) is 0.214. The van der Waals surface area contributed by atoms with Crippen molar-refractivity contribution in [3.8, 4) is 5.75 Å². The van der Waals surface area contributed by atoms with E-state index in [1.54, 1.807) is 24.3 Å². The fourth-order valence-corrected chi connectivity index (χ4v) is 4.50. The van der Waals surface area contributed by atoms with E-state index >= 15 is 0 Å². The fourth-order valence-electron chi connectivity index (χ4n) is 3.81. The SMILES string of the molecule is COc1ccc(CNC(=O)[C@H](c2ccc(C)cc2)N(Cc2ccco2)C(=O)Cc2cccs2)cc1. The minimum absolute atomic E-state index is 0.144. The summed E-state index contributed by atoms with van der Waals surface area (Å²) >= 11 is 1.52. The summed E-state index contributed by atoms with van der Waals surface area (Å²) in [5.41, 5.74) is 2.76. The molecule has 0 aliphatic rings. The number of thiophene rings is 1. The van der Waals surface area contributed by atoms with Crippen molar-refractivity contribution >= 4 is 23.2 Å². The Morgan fingerprint density at radius 3 is 2.43 bits per heavy atom. The molecule has 0 spiro atoms. The van der Waals surface area contributed by atoms with Gasteiger partial charge in [0.15, 0.2) is 0 Å². The first kappa shape index (κ1) is 24.3. The smallest absolute Gasteiger partial charge is 0.247 e. The van der Waals surface area contributed by atoms with Crippen LogP contribution in [-0.4, -0.2) is 23.8 Å². The van der Waals surface area contributed by atoms with Crippen LogP contribution in [0.25, 0.3) is 0 Å². The van der Waals surface area contributed by atoms with Crippen LogP contribution in [0.1, 0.15) is 33.4 Å². The Balaban J connectivity index is 1.63. The first-order valence-electron chi connectivity index (χ1n) is 11.3. The normalized spacial score (nSPS) is 11.6. The number of nitrogens with one attached hydrogen (secondary N) is 1. The van der Waals surface area contributed by atoms with Crippen LogP contribution in [0.15, 0.2) is 88.9 Å². The lowest BCUT2D eigenvalue weighted by Gasteiger charge is -2.31. The molecule has 7 heteroatoms. The third-order valence-electron chi connectivity index (χ3n) is 5.71. The summed E-state index contributed by atoms with van der Waals surface area (Å²) in [5.74, 6) is 0.968. The van der Waals surface area contributed by atoms with Gasteiger partial charge in [-0.1, -0.05) is 48.0 Å². The van der Waals surface area contributed by atoms with Crippen LogP contribution >= 0.6 is 11.3 Å². The molecule has 0 aliphatic carbocycles. The number of rotatable bonds is 10. The first-order valence-corrected chi connectivity index (χ1v) is 12.2. The van der Waals surface area contributed by atoms with Crippen LogP contribution in [0.2, 0.25) is 0 Å². The molecule has 1 N–H and O–H groups in total. The highest BCUT2D eigenvalue weighted by Crippen LogP contribution is 2.26. The Morgan fingerprint density at radius 2 is 1.80 bits per heavy atom. The van der Waals surface area contributed by atoms with Gasteiger partial charge in [0.1, 0.15) is 17.6 Å². The third kappa shape index (κ3) is 6.39. The van der Waals surface area contributed by atoms with Crippen molar-refractivity contribution in [1.29, 1.82) is 0 Å². The number of aryl methyl sites for hydroxylation is 1. The predicted octanol–water partition coefficient (Wildman–Crippen LogP) is 5.29. The number of hydrogen-bond acceptors (Lipinski definition) is 5. The number of carbonyl (C=O) groups is 2. The second-order valence-corrected chi connectivity index (χ2v) is 9.27. The molecule has 180 valence electrons. The predicted molar refractivity (Wildman–Crippen MR) is 136 cm³/mol. The van der Waals surface area contributed by atoms with E-state index < -0.39 is 6.04 Å². The van der Waals surface area contributed by atoms with Crippen molar-refractivity contribution in [3.05, 3.63) is 112 Å². The van der Waals surface area contributed by atoms with Gasteiger partial charge in [0.2, 0.25) is 11.8 Å². The molecule has 35 heavy (non-hydrogen) atoms. The number of nitrogens with zero attached hydrogens (tertiary/aromatic N) is 1. The number of ether oxygens (including phenoxy) is 1. The topological polar surface area (TPSA) is 71.8 Å². The van der Waals surface area contributed by atoms with E-state index in [1.807, 2.05) is 79.0 Å². The van der Waals surface area contributed by atoms with Crippen molar-refractivity contribution in [2.45, 2.75) is 32.5 Å². The van der Waals surface area contributed by atoms with Crippen LogP contribution < -0.4 is 10.1 Å². The Kier molecular flexibility index (Phi) is 8.00. The molecule has 0 radical (unpaired) electrons. The quantitative estimate of drug-likeness (QED) is 0.329. The highest BCUT2D eigenvalue weighted by Gasteiger charge is 2.32. The van der Waals surface area contributed by atoms with E-state index in [4.69, 9.17) is 9.15 Å². The van der Waals surface area contributed by atoms with Gasteiger partial charge >= 0.3 is 0 Å². The summed E-state index contributed by atoms with van der Waals surface area (Å²) in [7, 11) is 1.61. The summed E-state index contributed by atoms with van der Waals surface area (Å²) in [5, 5.41) is 4.96. The van der Waals surface area contributed by atoms with Gasteiger partial charge < -0.3 is 19.4 Å². The van der Waals surface area contributed by atoms with Crippen molar-refractivity contribution < 1.29 is 18.7 Å². The summed E-state index contributed by atoms with van der Waals surface area (Å²) in [6.45, 7) is 2.51. The zero-order chi connectivity index (χ0) is 24.6. The summed E-state index contributed by atoms with van der Waals surface area (Å²) in [4.78, 5) is 29.8. The zero-order valence-electron chi connectivity index (χ0n) is 19.8. The van der Waals surface area contributed by atoms with Crippen LogP contribution in [-0.2, 0) is 29.1 Å². The summed E-state index contributed by atoms with van der Waals surface area (Å²) in [6, 6.07) is 21.9. The van der Waals surface area contributed by atoms with Crippen LogP contribution in [0.3, 0.4) is 0 Å². The van der Waals surface area contributed by atoms with Gasteiger partial charge in [-0.05, 0) is 53.8 Å². The molecule has 2 amide bonds. The number of methoxy groups -OCH3 is 1. The molecule has 1 atom stereocenters. The minimum atomic E-state index is -0.814. The second-order valence-electron chi connectivity index (χ2n) is 8.24. The maximum absolute atomic E-state index is 13.6. The number of amides is 2. The Bertz CT molecular complexity index is 1220. The molecule has 0 aliphatic heterocycles. The Labute approximate surface area is 209 Å². The third-order valence-corrected chi connectivity index (χ3v) is 6.59. The van der Waals surface area contributed by atoms with Gasteiger partial charge in [-0.2, -0.15) is 0 Å². The maximum Gasteiger partial charge on any atom is 0.247 e. The minimum Gasteiger partial charge on any atom is -0.497 e. The van der Waals surface area contributed by atoms with E-state index in [-0.39, 0.29) is 24.8 Å². The molecule has 0 saturated carbocycles. The average molecular weight is 489 g/mol. The molecule has 0 fully saturated rings. The summed E-state index contributed by atoms with van der Waals surface area (Å²) in [6.07, 6.45) is 1.79. The number of furan rings is 1. The van der Waals surface area contributed by atoms with Crippen molar-refractivity contribution in [2.75, 3.05) is 7.11 Å². The highest BCUT2D eigenvalue weighted by atomic mass is 32.1. The van der Waals surface area contributed by atoms with Gasteiger partial charge in [-0.3, -0.25) is 9.59 Å². The van der Waals surface area contributed by atoms with E-state index in [9.17, 15) is 9.59 Å². The van der Waals surface area contributed by atoms with Crippen molar-refractivity contribution in [3.63, 3.8) is 0 Å². The standard InChI is InChI=1S/C28H28N2O4S/c1-20-7-11-22(12-8-20)27(28(32)29-18-21-9-13-23(33-2)14-10-21)30(19-24-5-3-15-34-24)26(31)17-25-6-4-16-35-25/h3-16,27H,17-19H2,1-2H3,(H,29,32)/t27-/m0/s1. The number of benzene rings is 2. The number of carbonyl (C=O) groups excluding carboxylic acids is 2. The molecule has 6 nitrogen and oxygen atoms in total. The molecular weight excluding hydrogens is 460 g/mol. The molecule has 0 saturated heterocycles. The molecular formula is C28H28N2O4S. The lowest BCUT2D eigenvalue weighted by atomic mass is 10.0. The van der Waals surface area contributed by atoms with E-state index in [0.717, 1.165) is 27.3 Å². The second kappa shape index (κ2) is 11.5. The largest absolute Gasteiger partial charge is 0.497 e. The molecule has 2 heterocycles. The molecule has 2 aromatic heterocycles. The highest BCUT2D eigenvalue weighted by molar-refractivity contribution is 7.10. The van der Waals surface area contributed by atoms with Crippen LogP contribution in [0.5, 0.6) is 5.75 Å². The molecule has 4 rings (SSSR count). The first-order chi connectivity index (χ1) is 17.0. The van der Waals surface area contributed by atoms with Gasteiger partial charge in [0.05, 0.1) is 26.3 Å². The monoisotopic (exact) mass is 488 g/mol. The average Bonchev–Trinajstić information content (AvgIpc) is 3.58. The van der Waals surface area contributed by atoms with Gasteiger partial charge in [-0.15, -0.1) is 11.3 Å². The van der Waals surface area contributed by atoms with E-state index in [1.165, 1.54) is 11.3 Å². The van der Waals surface area contributed by atoms with Crippen LogP contribution in [0.4, 0.5) is 0 Å². The maximum atomic E-state index is 13.6. The molecule has 4 aromatic rings. The lowest BCUT2D eigenvalue weighted by molar-refractivity contribution is -0.141. The van der Waals surface area contributed by atoms with Gasteiger partial charge in [0.25, 0.3) is 0 Å². The van der Waals surface area contributed by atoms with Crippen LogP contribution in [0, 0.1) is 6.92 Å². The van der Waals surface area contributed by atoms with Crippen molar-refractivity contribution in [2.24, 2.45) is 0 Å². The lowest BCUT2D eigenvalue weighted by Crippen LogP contribution is -2.43. The zero-order valence-corrected chi connectivity index (χ0v) is 20.6. The molecule has 0 bridgehead atoms. The van der Waals surface area contributed by atoms with Gasteiger partial charge in [0, 0.05) is 11.4 Å². The molecule has 0 unspecified atom stereocenters. The van der Waals surface area contributed by atoms with Crippen molar-refractivity contribution in [1.82, 2.24) is 10.2 Å². The summed E-state index contributed by atoms with van der Waals surface area (Å²) < 4.78 is 10.8. The van der Waals surface area contributed by atoms with E-state index in [2.05, 4.69) is 5.32 Å². The van der Waals surface area contributed by atoms with Gasteiger partial charge in [-0.25, -0.2) is 0 Å².